The second-order valence-electron chi connectivity index (χ2n) is 6.20. The maximum atomic E-state index is 13.9. The number of halogens is 1. The molecule has 1 aliphatic rings. The van der Waals surface area contributed by atoms with Crippen LogP contribution >= 0.6 is 0 Å². The molecule has 4 rings (SSSR count). The number of pyridine rings is 1. The number of aromatic nitrogens is 4. The molecule has 1 aromatic carbocycles. The molecule has 0 bridgehead atoms. The molecule has 24 heavy (non-hydrogen) atoms. The smallest absolute Gasteiger partial charge is 0.150 e. The topological polar surface area (TPSA) is 55.6 Å². The number of rotatable bonds is 4. The molecule has 6 heteroatoms. The van der Waals surface area contributed by atoms with Crippen molar-refractivity contribution in [2.45, 2.75) is 45.3 Å². The van der Waals surface area contributed by atoms with Gasteiger partial charge in [-0.15, -0.1) is 0 Å². The first kappa shape index (κ1) is 15.2. The minimum Gasteiger partial charge on any atom is -0.308 e. The number of fused-ring (bicyclic) bond motifs is 2. The number of hydrogen-bond donors (Lipinski definition) is 1. The van der Waals surface area contributed by atoms with Gasteiger partial charge < -0.3 is 5.32 Å². The third-order valence-corrected chi connectivity index (χ3v) is 4.60. The second-order valence-corrected chi connectivity index (χ2v) is 6.20. The molecular weight excluding hydrogens is 305 g/mol. The van der Waals surface area contributed by atoms with Gasteiger partial charge in [0.2, 0.25) is 0 Å². The number of hydrogen-bond acceptors (Lipinski definition) is 4. The molecule has 3 aromatic rings. The fourth-order valence-corrected chi connectivity index (χ4v) is 3.27. The van der Waals surface area contributed by atoms with Crippen molar-refractivity contribution in [1.82, 2.24) is 25.1 Å². The SMILES string of the molecule is CCc1nc2n(n1)C[C@H](NCc1ccc(F)c3cccnc13)CC2. The zero-order valence-electron chi connectivity index (χ0n) is 13.7. The summed E-state index contributed by atoms with van der Waals surface area (Å²) in [4.78, 5) is 8.89. The monoisotopic (exact) mass is 325 g/mol. The van der Waals surface area contributed by atoms with Gasteiger partial charge in [-0.3, -0.25) is 4.98 Å². The lowest BCUT2D eigenvalue weighted by atomic mass is 10.1. The highest BCUT2D eigenvalue weighted by atomic mass is 19.1. The summed E-state index contributed by atoms with van der Waals surface area (Å²) >= 11 is 0. The molecule has 5 nitrogen and oxygen atoms in total. The molecule has 0 fully saturated rings. The standard InChI is InChI=1S/C18H20FN5/c1-2-16-22-17-8-6-13(11-24(17)23-16)21-10-12-5-7-15(19)14-4-3-9-20-18(12)14/h3-5,7,9,13,21H,2,6,8,10-11H2,1H3/t13-/m1/s1. The van der Waals surface area contributed by atoms with Crippen LogP contribution in [0, 0.1) is 5.82 Å². The third kappa shape index (κ3) is 2.78. The zero-order chi connectivity index (χ0) is 16.5. The van der Waals surface area contributed by atoms with Crippen LogP contribution in [0.2, 0.25) is 0 Å². The van der Waals surface area contributed by atoms with E-state index in [0.29, 0.717) is 18.0 Å². The maximum Gasteiger partial charge on any atom is 0.150 e. The molecule has 1 atom stereocenters. The van der Waals surface area contributed by atoms with E-state index < -0.39 is 0 Å². The zero-order valence-corrected chi connectivity index (χ0v) is 13.7. The maximum absolute atomic E-state index is 13.9. The lowest BCUT2D eigenvalue weighted by molar-refractivity contribution is 0.358. The van der Waals surface area contributed by atoms with Crippen molar-refractivity contribution < 1.29 is 4.39 Å². The molecule has 0 amide bonds. The first-order valence-corrected chi connectivity index (χ1v) is 8.42. The third-order valence-electron chi connectivity index (χ3n) is 4.60. The van der Waals surface area contributed by atoms with Crippen LogP contribution in [0.3, 0.4) is 0 Å². The van der Waals surface area contributed by atoms with Crippen LogP contribution in [-0.2, 0) is 25.9 Å². The van der Waals surface area contributed by atoms with Gasteiger partial charge in [-0.1, -0.05) is 13.0 Å². The quantitative estimate of drug-likeness (QED) is 0.801. The van der Waals surface area contributed by atoms with Gasteiger partial charge in [0.25, 0.3) is 0 Å². The van der Waals surface area contributed by atoms with Crippen molar-refractivity contribution >= 4 is 10.9 Å². The Bertz CT molecular complexity index is 873. The molecule has 0 spiro atoms. The predicted molar refractivity (Wildman–Crippen MR) is 90.0 cm³/mol. The Morgan fingerprint density at radius 1 is 1.33 bits per heavy atom. The highest BCUT2D eigenvalue weighted by molar-refractivity contribution is 5.82. The van der Waals surface area contributed by atoms with Crippen molar-refractivity contribution in [3.63, 3.8) is 0 Å². The number of benzene rings is 1. The number of nitrogens with zero attached hydrogens (tertiary/aromatic N) is 4. The summed E-state index contributed by atoms with van der Waals surface area (Å²) in [7, 11) is 0. The van der Waals surface area contributed by atoms with Gasteiger partial charge in [0.05, 0.1) is 12.1 Å². The average molecular weight is 325 g/mol. The lowest BCUT2D eigenvalue weighted by Gasteiger charge is -2.23. The first-order chi connectivity index (χ1) is 11.7. The van der Waals surface area contributed by atoms with Crippen LogP contribution in [0.25, 0.3) is 10.9 Å². The summed E-state index contributed by atoms with van der Waals surface area (Å²) in [5.41, 5.74) is 1.75. The molecule has 1 N–H and O–H groups in total. The van der Waals surface area contributed by atoms with Gasteiger partial charge in [0.1, 0.15) is 11.6 Å². The fourth-order valence-electron chi connectivity index (χ4n) is 3.27. The predicted octanol–water partition coefficient (Wildman–Crippen LogP) is 2.63. The normalized spacial score (nSPS) is 17.2. The Morgan fingerprint density at radius 3 is 3.12 bits per heavy atom. The van der Waals surface area contributed by atoms with E-state index in [4.69, 9.17) is 0 Å². The molecular formula is C18H20FN5. The Kier molecular flexibility index (Phi) is 3.98. The van der Waals surface area contributed by atoms with Crippen molar-refractivity contribution in [3.05, 3.63) is 53.5 Å². The lowest BCUT2D eigenvalue weighted by Crippen LogP contribution is -2.37. The summed E-state index contributed by atoms with van der Waals surface area (Å²) in [5, 5.41) is 8.68. The summed E-state index contributed by atoms with van der Waals surface area (Å²) in [6, 6.07) is 7.21. The van der Waals surface area contributed by atoms with Gasteiger partial charge in [0, 0.05) is 37.0 Å². The number of nitrogens with one attached hydrogen (secondary N) is 1. The summed E-state index contributed by atoms with van der Waals surface area (Å²) in [6.45, 7) is 3.57. The largest absolute Gasteiger partial charge is 0.308 e. The second kappa shape index (κ2) is 6.28. The number of aryl methyl sites for hydroxylation is 2. The van der Waals surface area contributed by atoms with Crippen LogP contribution in [0.15, 0.2) is 30.5 Å². The fraction of sp³-hybridized carbons (Fsp3) is 0.389. The molecule has 0 radical (unpaired) electrons. The van der Waals surface area contributed by atoms with E-state index in [0.717, 1.165) is 48.5 Å². The van der Waals surface area contributed by atoms with Crippen LogP contribution in [0.4, 0.5) is 4.39 Å². The Labute approximate surface area is 139 Å². The summed E-state index contributed by atoms with van der Waals surface area (Å²) < 4.78 is 15.9. The molecule has 0 saturated heterocycles. The van der Waals surface area contributed by atoms with Crippen molar-refractivity contribution in [2.24, 2.45) is 0 Å². The Morgan fingerprint density at radius 2 is 2.25 bits per heavy atom. The molecule has 1 aliphatic heterocycles. The van der Waals surface area contributed by atoms with E-state index in [-0.39, 0.29) is 5.82 Å². The van der Waals surface area contributed by atoms with Crippen LogP contribution < -0.4 is 5.32 Å². The van der Waals surface area contributed by atoms with Crippen LogP contribution in [0.1, 0.15) is 30.6 Å². The molecule has 3 heterocycles. The molecule has 2 aromatic heterocycles. The van der Waals surface area contributed by atoms with E-state index in [1.165, 1.54) is 6.07 Å². The van der Waals surface area contributed by atoms with Gasteiger partial charge >= 0.3 is 0 Å². The van der Waals surface area contributed by atoms with E-state index in [1.54, 1.807) is 18.3 Å². The summed E-state index contributed by atoms with van der Waals surface area (Å²) in [5.74, 6) is 1.78. The average Bonchev–Trinajstić information content (AvgIpc) is 3.04. The first-order valence-electron chi connectivity index (χ1n) is 8.42. The van der Waals surface area contributed by atoms with Gasteiger partial charge in [-0.2, -0.15) is 5.10 Å². The van der Waals surface area contributed by atoms with Crippen LogP contribution in [0.5, 0.6) is 0 Å². The van der Waals surface area contributed by atoms with Crippen LogP contribution in [-0.4, -0.2) is 25.8 Å². The van der Waals surface area contributed by atoms with Gasteiger partial charge in [-0.25, -0.2) is 14.1 Å². The molecule has 0 unspecified atom stereocenters. The van der Waals surface area contributed by atoms with E-state index in [1.807, 2.05) is 10.7 Å². The Balaban J connectivity index is 1.49. The van der Waals surface area contributed by atoms with Crippen molar-refractivity contribution in [1.29, 1.82) is 0 Å². The van der Waals surface area contributed by atoms with E-state index in [9.17, 15) is 4.39 Å². The highest BCUT2D eigenvalue weighted by Crippen LogP contribution is 2.20. The van der Waals surface area contributed by atoms with Gasteiger partial charge in [-0.05, 0) is 30.2 Å². The summed E-state index contributed by atoms with van der Waals surface area (Å²) in [6.07, 6.45) is 4.55. The van der Waals surface area contributed by atoms with E-state index >= 15 is 0 Å². The molecule has 0 saturated carbocycles. The highest BCUT2D eigenvalue weighted by Gasteiger charge is 2.21. The van der Waals surface area contributed by atoms with Crippen molar-refractivity contribution in [3.8, 4) is 0 Å². The van der Waals surface area contributed by atoms with Gasteiger partial charge in [0.15, 0.2) is 5.82 Å². The minimum atomic E-state index is -0.223. The van der Waals surface area contributed by atoms with Crippen molar-refractivity contribution in [2.75, 3.05) is 0 Å². The minimum absolute atomic E-state index is 0.223. The molecule has 0 aliphatic carbocycles. The molecule has 124 valence electrons. The van der Waals surface area contributed by atoms with E-state index in [2.05, 4.69) is 27.3 Å². The Hall–Kier alpha value is -2.34.